The number of fused-ring (bicyclic) bond motifs is 4. The van der Waals surface area contributed by atoms with Gasteiger partial charge in [0.2, 0.25) is 0 Å². The van der Waals surface area contributed by atoms with Crippen molar-refractivity contribution < 1.29 is 0 Å². The summed E-state index contributed by atoms with van der Waals surface area (Å²) in [6.45, 7) is 4.20. The van der Waals surface area contributed by atoms with E-state index in [1.807, 2.05) is 30.6 Å². The zero-order chi connectivity index (χ0) is 32.8. The van der Waals surface area contributed by atoms with E-state index in [0.29, 0.717) is 10.0 Å². The van der Waals surface area contributed by atoms with Gasteiger partial charge in [0.1, 0.15) is 0 Å². The second-order valence-corrected chi connectivity index (χ2v) is 13.9. The minimum absolute atomic E-state index is 0.622. The zero-order valence-electron chi connectivity index (χ0n) is 26.1. The summed E-state index contributed by atoms with van der Waals surface area (Å²) in [6, 6.07) is 19.3. The first kappa shape index (κ1) is 35.5. The van der Waals surface area contributed by atoms with Gasteiger partial charge in [0.15, 0.2) is 0 Å². The second kappa shape index (κ2) is 17.1. The monoisotopic (exact) mass is 952 g/mol. The van der Waals surface area contributed by atoms with Crippen LogP contribution in [-0.4, -0.2) is 36.1 Å². The van der Waals surface area contributed by atoms with Crippen LogP contribution in [0.2, 0.25) is 10.0 Å². The summed E-state index contributed by atoms with van der Waals surface area (Å²) in [5.41, 5.74) is 16.1. The maximum atomic E-state index is 6.34. The molecule has 47 heavy (non-hydrogen) atoms. The molecule has 2 aromatic heterocycles. The molecular formula is C38H37BrCl2I2N4. The van der Waals surface area contributed by atoms with Crippen LogP contribution in [0.25, 0.3) is 11.1 Å². The smallest absolute Gasteiger partial charge is 0.0739 e. The van der Waals surface area contributed by atoms with E-state index in [9.17, 15) is 0 Å². The topological polar surface area (TPSA) is 49.8 Å². The lowest BCUT2D eigenvalue weighted by molar-refractivity contribution is 0.611. The van der Waals surface area contributed by atoms with E-state index in [-0.39, 0.29) is 0 Å². The Morgan fingerprint density at radius 3 is 1.57 bits per heavy atom. The Morgan fingerprint density at radius 1 is 0.553 bits per heavy atom. The first-order valence-corrected chi connectivity index (χ1v) is 24.1. The number of nitrogens with zero attached hydrogens (tertiary/aromatic N) is 2. The predicted molar refractivity (Wildman–Crippen MR) is 218 cm³/mol. The number of aromatic nitrogens is 2. The predicted octanol–water partition coefficient (Wildman–Crippen LogP) is 10.6. The van der Waals surface area contributed by atoms with Gasteiger partial charge in [-0.3, -0.25) is 9.97 Å². The molecule has 2 aliphatic heterocycles. The molecule has 9 heteroatoms. The minimum atomic E-state index is 0.622. The Labute approximate surface area is 320 Å². The van der Waals surface area contributed by atoms with Crippen LogP contribution in [0.4, 0.5) is 0 Å². The number of hydrogen-bond donors (Lipinski definition) is 2. The van der Waals surface area contributed by atoms with E-state index in [4.69, 9.17) is 33.2 Å². The highest BCUT2D eigenvalue weighted by Crippen LogP contribution is 2.40. The van der Waals surface area contributed by atoms with Crippen molar-refractivity contribution in [2.24, 2.45) is 0 Å². The maximum absolute atomic E-state index is 6.34. The normalized spacial score (nSPS) is 17.0. The third-order valence-electron chi connectivity index (χ3n) is 9.46. The van der Waals surface area contributed by atoms with Crippen molar-refractivity contribution >= 4 is 87.5 Å². The first-order valence-electron chi connectivity index (χ1n) is 16.2. The minimum Gasteiger partial charge on any atom is -0.316 e. The highest BCUT2D eigenvalue weighted by Gasteiger charge is 2.25. The summed E-state index contributed by atoms with van der Waals surface area (Å²) in [7, 11) is 0. The summed E-state index contributed by atoms with van der Waals surface area (Å²) in [6.07, 6.45) is 12.3. The van der Waals surface area contributed by atoms with Gasteiger partial charge in [-0.2, -0.15) is 0 Å². The number of hydrogen-bond acceptors (Lipinski definition) is 4. The second-order valence-electron chi connectivity index (χ2n) is 12.2. The van der Waals surface area contributed by atoms with Crippen LogP contribution in [0.1, 0.15) is 70.5 Å². The quantitative estimate of drug-likeness (QED) is 0.173. The molecular weight excluding hydrogens is 917 g/mol. The molecule has 2 saturated heterocycles. The van der Waals surface area contributed by atoms with Gasteiger partial charge in [0, 0.05) is 65.2 Å². The molecule has 0 radical (unpaired) electrons. The van der Waals surface area contributed by atoms with Crippen LogP contribution in [0.3, 0.4) is 0 Å². The molecule has 2 N–H and O–H groups in total. The number of pyridine rings is 2. The molecule has 4 aliphatic rings. The fourth-order valence-corrected chi connectivity index (χ4v) is 8.00. The molecule has 2 aromatic carbocycles. The molecule has 0 atom stereocenters. The molecule has 0 amide bonds. The molecule has 4 aromatic rings. The first-order chi connectivity index (χ1) is 23.1. The molecule has 0 unspecified atom stereocenters. The Balaban J connectivity index is 0.000000156. The highest BCUT2D eigenvalue weighted by atomic mass is 128. The third kappa shape index (κ3) is 8.18. The Morgan fingerprint density at radius 2 is 1.02 bits per heavy atom. The van der Waals surface area contributed by atoms with E-state index < -0.39 is 0 Å². The van der Waals surface area contributed by atoms with Crippen molar-refractivity contribution in [2.75, 3.05) is 26.2 Å². The SMILES string of the molecule is Brc1ccc2c(c1)CCc1cccnc1C2=C1CCNCC1.Clc1cc2c(cc1Cl)C(=C1CCNCC1)c1ncccc1CC2.II. The Bertz CT molecular complexity index is 1810. The lowest BCUT2D eigenvalue weighted by Gasteiger charge is -2.22. The van der Waals surface area contributed by atoms with Crippen LogP contribution in [0.5, 0.6) is 0 Å². The number of benzene rings is 2. The Kier molecular flexibility index (Phi) is 12.9. The van der Waals surface area contributed by atoms with Crippen LogP contribution in [0, 0.1) is 0 Å². The molecule has 4 heterocycles. The summed E-state index contributed by atoms with van der Waals surface area (Å²) in [5.74, 6) is 0. The Hall–Kier alpha value is -1.34. The van der Waals surface area contributed by atoms with Crippen molar-refractivity contribution in [3.63, 3.8) is 0 Å². The van der Waals surface area contributed by atoms with Gasteiger partial charge in [-0.1, -0.05) is 68.5 Å². The van der Waals surface area contributed by atoms with E-state index in [1.165, 1.54) is 60.3 Å². The molecule has 8 rings (SSSR count). The van der Waals surface area contributed by atoms with Gasteiger partial charge in [-0.05, 0) is 147 Å². The summed E-state index contributed by atoms with van der Waals surface area (Å²) in [4.78, 5) is 9.50. The lowest BCUT2D eigenvalue weighted by atomic mass is 9.89. The van der Waals surface area contributed by atoms with Gasteiger partial charge in [0.05, 0.1) is 21.4 Å². The summed E-state index contributed by atoms with van der Waals surface area (Å²) >= 11 is 20.5. The van der Waals surface area contributed by atoms with Crippen molar-refractivity contribution in [3.05, 3.63) is 137 Å². The molecule has 0 spiro atoms. The summed E-state index contributed by atoms with van der Waals surface area (Å²) in [5, 5.41) is 8.16. The van der Waals surface area contributed by atoms with Crippen LogP contribution in [-0.2, 0) is 25.7 Å². The van der Waals surface area contributed by atoms with E-state index in [1.54, 1.807) is 5.57 Å². The van der Waals surface area contributed by atoms with Crippen molar-refractivity contribution in [3.8, 4) is 0 Å². The van der Waals surface area contributed by atoms with Crippen LogP contribution < -0.4 is 10.6 Å². The van der Waals surface area contributed by atoms with Crippen LogP contribution in [0.15, 0.2) is 82.6 Å². The average molecular weight is 954 g/mol. The van der Waals surface area contributed by atoms with Crippen LogP contribution >= 0.6 is 76.4 Å². The number of piperidine rings is 2. The highest BCUT2D eigenvalue weighted by molar-refractivity contribution is 15.0. The number of rotatable bonds is 0. The maximum Gasteiger partial charge on any atom is 0.0739 e. The molecule has 2 fully saturated rings. The average Bonchev–Trinajstić information content (AvgIpc) is 3.38. The van der Waals surface area contributed by atoms with Crippen molar-refractivity contribution in [1.29, 1.82) is 0 Å². The molecule has 244 valence electrons. The molecule has 0 bridgehead atoms. The van der Waals surface area contributed by atoms with E-state index in [2.05, 4.69) is 100 Å². The van der Waals surface area contributed by atoms with Gasteiger partial charge in [0.25, 0.3) is 0 Å². The van der Waals surface area contributed by atoms with Gasteiger partial charge < -0.3 is 10.6 Å². The molecule has 4 nitrogen and oxygen atoms in total. The van der Waals surface area contributed by atoms with Crippen molar-refractivity contribution in [2.45, 2.75) is 51.4 Å². The zero-order valence-corrected chi connectivity index (χ0v) is 33.5. The van der Waals surface area contributed by atoms with Crippen molar-refractivity contribution in [1.82, 2.24) is 20.6 Å². The number of aryl methyl sites for hydroxylation is 4. The largest absolute Gasteiger partial charge is 0.316 e. The van der Waals surface area contributed by atoms with E-state index >= 15 is 0 Å². The standard InChI is InChI=1S/C19H19BrN2.C19H18Cl2N2.I2/c20-16-5-6-17-15(12-16)4-3-14-2-1-9-22-19(14)18(17)13-7-10-21-11-8-13;20-16-10-14-4-3-13-2-1-7-23-19(13)18(15(14)11-17(16)21)12-5-8-22-9-6-12;1-2/h1-2,5-6,9,12,21H,3-4,7-8,10-11H2;1-2,7,10-11,22H,3-6,8-9H2;. The van der Waals surface area contributed by atoms with Gasteiger partial charge in [-0.15, -0.1) is 0 Å². The van der Waals surface area contributed by atoms with E-state index in [0.717, 1.165) is 83.2 Å². The van der Waals surface area contributed by atoms with Gasteiger partial charge in [-0.25, -0.2) is 0 Å². The molecule has 2 aliphatic carbocycles. The molecule has 0 saturated carbocycles. The third-order valence-corrected chi connectivity index (χ3v) is 10.7. The fourth-order valence-electron chi connectivity index (χ4n) is 7.24. The number of halogens is 5. The number of nitrogens with one attached hydrogen (secondary N) is 2. The fraction of sp³-hybridized carbons (Fsp3) is 0.316. The summed E-state index contributed by atoms with van der Waals surface area (Å²) < 4.78 is 1.17. The van der Waals surface area contributed by atoms with Gasteiger partial charge >= 0.3 is 0 Å². The lowest BCUT2D eigenvalue weighted by Crippen LogP contribution is -2.24.